The molecule has 1 amide bonds. The van der Waals surface area contributed by atoms with Crippen molar-refractivity contribution in [3.05, 3.63) is 66.2 Å². The molecule has 2 aromatic carbocycles. The summed E-state index contributed by atoms with van der Waals surface area (Å²) < 4.78 is 5.53. The first-order valence-corrected chi connectivity index (χ1v) is 6.43. The highest BCUT2D eigenvalue weighted by molar-refractivity contribution is 5.88. The van der Waals surface area contributed by atoms with Crippen LogP contribution < -0.4 is 4.90 Å². The van der Waals surface area contributed by atoms with Crippen LogP contribution in [0.4, 0.5) is 10.5 Å². The minimum Gasteiger partial charge on any atom is -0.441 e. The number of benzene rings is 2. The number of carbonyl (C=O) groups is 1. The van der Waals surface area contributed by atoms with Gasteiger partial charge in [0.15, 0.2) is 0 Å². The van der Waals surface area contributed by atoms with Crippen LogP contribution in [0.15, 0.2) is 60.7 Å². The molecule has 0 aromatic heterocycles. The van der Waals surface area contributed by atoms with Crippen molar-refractivity contribution in [2.24, 2.45) is 0 Å². The summed E-state index contributed by atoms with van der Waals surface area (Å²) in [4.78, 5) is 13.8. The first kappa shape index (κ1) is 11.8. The van der Waals surface area contributed by atoms with Gasteiger partial charge < -0.3 is 4.74 Å². The molecule has 1 aliphatic rings. The molecule has 1 atom stereocenters. The van der Waals surface area contributed by atoms with Gasteiger partial charge in [-0.1, -0.05) is 48.5 Å². The molecule has 0 bridgehead atoms. The molecule has 0 N–H and O–H groups in total. The van der Waals surface area contributed by atoms with Crippen molar-refractivity contribution in [1.82, 2.24) is 0 Å². The quantitative estimate of drug-likeness (QED) is 0.815. The molecule has 0 aliphatic carbocycles. The lowest BCUT2D eigenvalue weighted by molar-refractivity contribution is 0.0841. The third-order valence-corrected chi connectivity index (χ3v) is 3.32. The Hall–Kier alpha value is -2.29. The number of cyclic esters (lactones) is 1. The van der Waals surface area contributed by atoms with E-state index in [1.807, 2.05) is 60.7 Å². The second-order valence-electron chi connectivity index (χ2n) is 4.56. The summed E-state index contributed by atoms with van der Waals surface area (Å²) >= 11 is 0. The number of para-hydroxylation sites is 1. The van der Waals surface area contributed by atoms with Crippen molar-refractivity contribution in [2.45, 2.75) is 12.5 Å². The largest absolute Gasteiger partial charge is 0.441 e. The van der Waals surface area contributed by atoms with Crippen LogP contribution in [0.3, 0.4) is 0 Å². The number of rotatable bonds is 2. The fourth-order valence-corrected chi connectivity index (χ4v) is 2.33. The third-order valence-electron chi connectivity index (χ3n) is 3.32. The zero-order valence-corrected chi connectivity index (χ0v) is 10.5. The number of anilines is 1. The molecule has 2 aromatic rings. The van der Waals surface area contributed by atoms with Crippen molar-refractivity contribution >= 4 is 11.8 Å². The molecule has 19 heavy (non-hydrogen) atoms. The van der Waals surface area contributed by atoms with E-state index in [-0.39, 0.29) is 12.2 Å². The summed E-state index contributed by atoms with van der Waals surface area (Å²) in [6.45, 7) is 0.683. The molecule has 3 rings (SSSR count). The molecule has 96 valence electrons. The number of hydrogen-bond donors (Lipinski definition) is 0. The van der Waals surface area contributed by atoms with E-state index >= 15 is 0 Å². The van der Waals surface area contributed by atoms with Crippen LogP contribution in [0.25, 0.3) is 0 Å². The summed E-state index contributed by atoms with van der Waals surface area (Å²) in [5.41, 5.74) is 1.95. The third kappa shape index (κ3) is 2.45. The van der Waals surface area contributed by atoms with Crippen molar-refractivity contribution < 1.29 is 9.53 Å². The molecule has 0 saturated carbocycles. The first-order valence-electron chi connectivity index (χ1n) is 6.43. The summed E-state index contributed by atoms with van der Waals surface area (Å²) in [5, 5.41) is 0. The Bertz CT molecular complexity index is 553. The van der Waals surface area contributed by atoms with Crippen LogP contribution in [0.5, 0.6) is 0 Å². The van der Waals surface area contributed by atoms with E-state index in [0.717, 1.165) is 17.7 Å². The molecule has 0 spiro atoms. The highest BCUT2D eigenvalue weighted by atomic mass is 16.6. The van der Waals surface area contributed by atoms with Gasteiger partial charge >= 0.3 is 6.09 Å². The molecule has 1 unspecified atom stereocenters. The van der Waals surface area contributed by atoms with Crippen molar-refractivity contribution in [1.29, 1.82) is 0 Å². The Morgan fingerprint density at radius 3 is 2.21 bits per heavy atom. The lowest BCUT2D eigenvalue weighted by atomic mass is 10.1. The van der Waals surface area contributed by atoms with Gasteiger partial charge in [0.1, 0.15) is 6.10 Å². The fraction of sp³-hybridized carbons (Fsp3) is 0.188. The van der Waals surface area contributed by atoms with Crippen LogP contribution in [-0.4, -0.2) is 12.6 Å². The summed E-state index contributed by atoms with van der Waals surface area (Å²) in [6.07, 6.45) is 0.407. The van der Waals surface area contributed by atoms with Gasteiger partial charge in [0.25, 0.3) is 0 Å². The van der Waals surface area contributed by atoms with E-state index in [1.54, 1.807) is 4.90 Å². The maximum atomic E-state index is 12.1. The SMILES string of the molecule is O=C1OC(c2ccccc2)CCN1c1ccccc1. The lowest BCUT2D eigenvalue weighted by Crippen LogP contribution is -2.39. The molecule has 1 fully saturated rings. The summed E-state index contributed by atoms with van der Waals surface area (Å²) in [5.74, 6) is 0. The predicted octanol–water partition coefficient (Wildman–Crippen LogP) is 3.77. The van der Waals surface area contributed by atoms with Crippen LogP contribution in [0, 0.1) is 0 Å². The lowest BCUT2D eigenvalue weighted by Gasteiger charge is -2.31. The molecule has 0 radical (unpaired) electrons. The highest BCUT2D eigenvalue weighted by Crippen LogP contribution is 2.29. The Morgan fingerprint density at radius 2 is 1.58 bits per heavy atom. The van der Waals surface area contributed by atoms with E-state index in [4.69, 9.17) is 4.74 Å². The molecule has 3 heteroatoms. The molecular weight excluding hydrogens is 238 g/mol. The van der Waals surface area contributed by atoms with Crippen LogP contribution in [0.1, 0.15) is 18.1 Å². The molecule has 3 nitrogen and oxygen atoms in total. The van der Waals surface area contributed by atoms with Crippen LogP contribution >= 0.6 is 0 Å². The molecular formula is C16H15NO2. The zero-order chi connectivity index (χ0) is 13.1. The molecule has 1 saturated heterocycles. The van der Waals surface area contributed by atoms with Gasteiger partial charge in [-0.2, -0.15) is 0 Å². The highest BCUT2D eigenvalue weighted by Gasteiger charge is 2.28. The number of carbonyl (C=O) groups excluding carboxylic acids is 1. The van der Waals surface area contributed by atoms with Gasteiger partial charge in [-0.15, -0.1) is 0 Å². The minimum absolute atomic E-state index is 0.131. The maximum absolute atomic E-state index is 12.1. The van der Waals surface area contributed by atoms with Crippen molar-refractivity contribution in [3.63, 3.8) is 0 Å². The van der Waals surface area contributed by atoms with Crippen molar-refractivity contribution in [3.8, 4) is 0 Å². The predicted molar refractivity (Wildman–Crippen MR) is 74.1 cm³/mol. The van der Waals surface area contributed by atoms with Gasteiger partial charge in [-0.25, -0.2) is 4.79 Å². The Kier molecular flexibility index (Phi) is 3.19. The van der Waals surface area contributed by atoms with E-state index < -0.39 is 0 Å². The molecule has 1 heterocycles. The Balaban J connectivity index is 1.75. The minimum atomic E-state index is -0.272. The standard InChI is InChI=1S/C16H15NO2/c18-16-17(14-9-5-2-6-10-14)12-11-15(19-16)13-7-3-1-4-8-13/h1-10,15H,11-12H2. The van der Waals surface area contributed by atoms with Gasteiger partial charge in [-0.3, -0.25) is 4.90 Å². The zero-order valence-electron chi connectivity index (χ0n) is 10.5. The maximum Gasteiger partial charge on any atom is 0.414 e. The number of hydrogen-bond acceptors (Lipinski definition) is 2. The van der Waals surface area contributed by atoms with Crippen LogP contribution in [0.2, 0.25) is 0 Å². The Labute approximate surface area is 112 Å². The normalized spacial score (nSPS) is 19.1. The van der Waals surface area contributed by atoms with Gasteiger partial charge in [0.2, 0.25) is 0 Å². The monoisotopic (exact) mass is 253 g/mol. The summed E-state index contributed by atoms with van der Waals surface area (Å²) in [7, 11) is 0. The first-order chi connectivity index (χ1) is 9.34. The van der Waals surface area contributed by atoms with Gasteiger partial charge in [0.05, 0.1) is 0 Å². The molecule has 1 aliphatic heterocycles. The fourth-order valence-electron chi connectivity index (χ4n) is 2.33. The second kappa shape index (κ2) is 5.14. The van der Waals surface area contributed by atoms with Gasteiger partial charge in [0, 0.05) is 18.7 Å². The van der Waals surface area contributed by atoms with E-state index in [2.05, 4.69) is 0 Å². The van der Waals surface area contributed by atoms with Crippen LogP contribution in [-0.2, 0) is 4.74 Å². The Morgan fingerprint density at radius 1 is 0.947 bits per heavy atom. The average molecular weight is 253 g/mol. The van der Waals surface area contributed by atoms with E-state index in [1.165, 1.54) is 0 Å². The van der Waals surface area contributed by atoms with Crippen molar-refractivity contribution in [2.75, 3.05) is 11.4 Å². The van der Waals surface area contributed by atoms with E-state index in [0.29, 0.717) is 6.54 Å². The summed E-state index contributed by atoms with van der Waals surface area (Å²) in [6, 6.07) is 19.5. The topological polar surface area (TPSA) is 29.5 Å². The average Bonchev–Trinajstić information content (AvgIpc) is 2.49. The number of nitrogens with zero attached hydrogens (tertiary/aromatic N) is 1. The number of ether oxygens (including phenoxy) is 1. The smallest absolute Gasteiger partial charge is 0.414 e. The van der Waals surface area contributed by atoms with Gasteiger partial charge in [-0.05, 0) is 17.7 Å². The number of amides is 1. The second-order valence-corrected chi connectivity index (χ2v) is 4.56. The van der Waals surface area contributed by atoms with E-state index in [9.17, 15) is 4.79 Å².